The summed E-state index contributed by atoms with van der Waals surface area (Å²) in [4.78, 5) is 17.1. The van der Waals surface area contributed by atoms with E-state index in [0.717, 1.165) is 43.2 Å². The number of para-hydroxylation sites is 2. The van der Waals surface area contributed by atoms with E-state index in [-0.39, 0.29) is 17.3 Å². The smallest absolute Gasteiger partial charge is 0.227 e. The molecule has 0 spiro atoms. The SMILES string of the molecule is COc1ccccc1N1CCN(Cc2cc(=O)c(OC(C)c3ccccc3)co2)CC1. The van der Waals surface area contributed by atoms with Crippen molar-refractivity contribution in [3.8, 4) is 11.5 Å². The highest BCUT2D eigenvalue weighted by Crippen LogP contribution is 2.28. The first-order valence-corrected chi connectivity index (χ1v) is 10.6. The van der Waals surface area contributed by atoms with Crippen molar-refractivity contribution in [2.24, 2.45) is 0 Å². The molecule has 162 valence electrons. The Morgan fingerprint density at radius 2 is 1.68 bits per heavy atom. The minimum atomic E-state index is -0.224. The van der Waals surface area contributed by atoms with Gasteiger partial charge in [-0.25, -0.2) is 0 Å². The molecule has 3 aromatic rings. The summed E-state index contributed by atoms with van der Waals surface area (Å²) in [6.07, 6.45) is 1.21. The highest BCUT2D eigenvalue weighted by molar-refractivity contribution is 5.58. The lowest BCUT2D eigenvalue weighted by Gasteiger charge is -2.36. The van der Waals surface area contributed by atoms with Crippen LogP contribution in [0.3, 0.4) is 0 Å². The molecule has 2 aromatic carbocycles. The Morgan fingerprint density at radius 1 is 0.968 bits per heavy atom. The second kappa shape index (κ2) is 9.71. The fourth-order valence-corrected chi connectivity index (χ4v) is 3.85. The van der Waals surface area contributed by atoms with E-state index in [0.29, 0.717) is 12.3 Å². The first kappa shape index (κ1) is 21.0. The quantitative estimate of drug-likeness (QED) is 0.573. The summed E-state index contributed by atoms with van der Waals surface area (Å²) in [6, 6.07) is 19.4. The lowest BCUT2D eigenvalue weighted by Crippen LogP contribution is -2.46. The van der Waals surface area contributed by atoms with Gasteiger partial charge in [-0.2, -0.15) is 0 Å². The van der Waals surface area contributed by atoms with Crippen LogP contribution in [-0.2, 0) is 6.54 Å². The van der Waals surface area contributed by atoms with E-state index in [1.54, 1.807) is 13.2 Å². The summed E-state index contributed by atoms with van der Waals surface area (Å²) in [5.74, 6) is 1.78. The number of ether oxygens (including phenoxy) is 2. The molecule has 1 unspecified atom stereocenters. The van der Waals surface area contributed by atoms with Crippen molar-refractivity contribution in [2.45, 2.75) is 19.6 Å². The van der Waals surface area contributed by atoms with Gasteiger partial charge in [0.15, 0.2) is 0 Å². The lowest BCUT2D eigenvalue weighted by atomic mass is 10.1. The molecular weight excluding hydrogens is 392 g/mol. The molecule has 0 radical (unpaired) electrons. The Kier molecular flexibility index (Phi) is 6.57. The molecule has 0 saturated carbocycles. The third-order valence-corrected chi connectivity index (χ3v) is 5.60. The van der Waals surface area contributed by atoms with Crippen LogP contribution in [0.15, 0.2) is 76.1 Å². The largest absolute Gasteiger partial charge is 0.495 e. The standard InChI is InChI=1S/C25H28N2O4/c1-19(20-8-4-3-5-9-20)31-25-18-30-21(16-23(25)28)17-26-12-14-27(15-13-26)22-10-6-7-11-24(22)29-2/h3-11,16,18-19H,12-15,17H2,1-2H3. The van der Waals surface area contributed by atoms with Gasteiger partial charge >= 0.3 is 0 Å². The fourth-order valence-electron chi connectivity index (χ4n) is 3.85. The van der Waals surface area contributed by atoms with E-state index in [9.17, 15) is 4.79 Å². The van der Waals surface area contributed by atoms with Gasteiger partial charge in [-0.1, -0.05) is 42.5 Å². The van der Waals surface area contributed by atoms with Crippen LogP contribution in [0.5, 0.6) is 11.5 Å². The number of piperazine rings is 1. The molecule has 1 fully saturated rings. The minimum absolute atomic E-state index is 0.156. The topological polar surface area (TPSA) is 55.2 Å². The van der Waals surface area contributed by atoms with Crippen molar-refractivity contribution < 1.29 is 13.9 Å². The molecule has 31 heavy (non-hydrogen) atoms. The number of nitrogens with zero attached hydrogens (tertiary/aromatic N) is 2. The summed E-state index contributed by atoms with van der Waals surface area (Å²) < 4.78 is 17.0. The van der Waals surface area contributed by atoms with Crippen molar-refractivity contribution in [3.63, 3.8) is 0 Å². The number of anilines is 1. The van der Waals surface area contributed by atoms with Gasteiger partial charge in [0, 0.05) is 32.2 Å². The summed E-state index contributed by atoms with van der Waals surface area (Å²) in [5, 5.41) is 0. The van der Waals surface area contributed by atoms with Crippen molar-refractivity contribution in [3.05, 3.63) is 88.5 Å². The number of hydrogen-bond acceptors (Lipinski definition) is 6. The average Bonchev–Trinajstić information content (AvgIpc) is 2.82. The molecule has 1 saturated heterocycles. The van der Waals surface area contributed by atoms with Gasteiger partial charge in [-0.05, 0) is 24.6 Å². The van der Waals surface area contributed by atoms with Gasteiger partial charge in [-0.15, -0.1) is 0 Å². The van der Waals surface area contributed by atoms with Crippen LogP contribution < -0.4 is 19.8 Å². The first-order chi connectivity index (χ1) is 15.1. The Hall–Kier alpha value is -3.25. The van der Waals surface area contributed by atoms with Crippen LogP contribution in [0.4, 0.5) is 5.69 Å². The van der Waals surface area contributed by atoms with Gasteiger partial charge < -0.3 is 18.8 Å². The van der Waals surface area contributed by atoms with E-state index in [1.165, 1.54) is 6.26 Å². The summed E-state index contributed by atoms with van der Waals surface area (Å²) >= 11 is 0. The highest BCUT2D eigenvalue weighted by Gasteiger charge is 2.20. The molecule has 0 amide bonds. The number of benzene rings is 2. The van der Waals surface area contributed by atoms with Crippen molar-refractivity contribution in [1.29, 1.82) is 0 Å². The molecule has 0 N–H and O–H groups in total. The third-order valence-electron chi connectivity index (χ3n) is 5.60. The fraction of sp³-hybridized carbons (Fsp3) is 0.320. The van der Waals surface area contributed by atoms with Crippen LogP contribution in [0.2, 0.25) is 0 Å². The molecule has 2 heterocycles. The van der Waals surface area contributed by atoms with Gasteiger partial charge in [-0.3, -0.25) is 9.69 Å². The zero-order valence-electron chi connectivity index (χ0n) is 18.0. The highest BCUT2D eigenvalue weighted by atomic mass is 16.5. The molecule has 1 aromatic heterocycles. The second-order valence-electron chi connectivity index (χ2n) is 7.68. The second-order valence-corrected chi connectivity index (χ2v) is 7.68. The van der Waals surface area contributed by atoms with Crippen LogP contribution in [0.1, 0.15) is 24.4 Å². The Labute approximate surface area is 182 Å². The van der Waals surface area contributed by atoms with Gasteiger partial charge in [0.2, 0.25) is 11.2 Å². The van der Waals surface area contributed by atoms with Gasteiger partial charge in [0.1, 0.15) is 23.9 Å². The van der Waals surface area contributed by atoms with Gasteiger partial charge in [0.25, 0.3) is 0 Å². The normalized spacial score (nSPS) is 15.5. The van der Waals surface area contributed by atoms with Crippen LogP contribution in [0, 0.1) is 0 Å². The average molecular weight is 421 g/mol. The zero-order chi connectivity index (χ0) is 21.6. The zero-order valence-corrected chi connectivity index (χ0v) is 18.0. The van der Waals surface area contributed by atoms with Crippen molar-refractivity contribution >= 4 is 5.69 Å². The third kappa shape index (κ3) is 5.09. The van der Waals surface area contributed by atoms with E-state index >= 15 is 0 Å². The molecule has 6 heteroatoms. The molecule has 6 nitrogen and oxygen atoms in total. The van der Waals surface area contributed by atoms with Crippen molar-refractivity contribution in [2.75, 3.05) is 38.2 Å². The Bertz CT molecular complexity index is 1040. The molecule has 1 aliphatic heterocycles. The maximum Gasteiger partial charge on any atom is 0.227 e. The summed E-state index contributed by atoms with van der Waals surface area (Å²) in [7, 11) is 1.70. The van der Waals surface area contributed by atoms with E-state index in [2.05, 4.69) is 15.9 Å². The summed E-state index contributed by atoms with van der Waals surface area (Å²) in [6.45, 7) is 6.06. The molecule has 1 atom stereocenters. The minimum Gasteiger partial charge on any atom is -0.495 e. The molecule has 1 aliphatic rings. The van der Waals surface area contributed by atoms with Gasteiger partial charge in [0.05, 0.1) is 19.3 Å². The lowest BCUT2D eigenvalue weighted by molar-refractivity contribution is 0.207. The maximum atomic E-state index is 12.5. The predicted octanol–water partition coefficient (Wildman–Crippen LogP) is 4.11. The molecular formula is C25H28N2O4. The molecule has 4 rings (SSSR count). The number of methoxy groups -OCH3 is 1. The number of hydrogen-bond donors (Lipinski definition) is 0. The first-order valence-electron chi connectivity index (χ1n) is 10.6. The van der Waals surface area contributed by atoms with E-state index < -0.39 is 0 Å². The molecule has 0 aliphatic carbocycles. The van der Waals surface area contributed by atoms with Crippen LogP contribution in [-0.4, -0.2) is 38.2 Å². The molecule has 0 bridgehead atoms. The summed E-state index contributed by atoms with van der Waals surface area (Å²) in [5.41, 5.74) is 1.97. The van der Waals surface area contributed by atoms with E-state index in [4.69, 9.17) is 13.9 Å². The van der Waals surface area contributed by atoms with Crippen LogP contribution in [0.25, 0.3) is 0 Å². The van der Waals surface area contributed by atoms with E-state index in [1.807, 2.05) is 55.5 Å². The van der Waals surface area contributed by atoms with Crippen molar-refractivity contribution in [1.82, 2.24) is 4.90 Å². The predicted molar refractivity (Wildman–Crippen MR) is 121 cm³/mol. The van der Waals surface area contributed by atoms with Crippen LogP contribution >= 0.6 is 0 Å². The number of rotatable bonds is 7. The Morgan fingerprint density at radius 3 is 2.39 bits per heavy atom. The maximum absolute atomic E-state index is 12.5. The monoisotopic (exact) mass is 420 g/mol. The Balaban J connectivity index is 1.34.